The van der Waals surface area contributed by atoms with Crippen molar-refractivity contribution in [1.82, 2.24) is 4.31 Å². The molecule has 4 rings (SSSR count). The van der Waals surface area contributed by atoms with Gasteiger partial charge in [0.05, 0.1) is 0 Å². The van der Waals surface area contributed by atoms with Crippen LogP contribution in [0.15, 0.2) is 77.0 Å². The predicted octanol–water partition coefficient (Wildman–Crippen LogP) is 3.08. The maximum absolute atomic E-state index is 13.1. The van der Waals surface area contributed by atoms with Crippen LogP contribution in [0.4, 0.5) is 0 Å². The average Bonchev–Trinajstić information content (AvgIpc) is 3.25. The van der Waals surface area contributed by atoms with E-state index in [-0.39, 0.29) is 25.4 Å². The minimum absolute atomic E-state index is 0.0560. The van der Waals surface area contributed by atoms with Gasteiger partial charge >= 0.3 is 163 Å². The van der Waals surface area contributed by atoms with Crippen molar-refractivity contribution >= 4 is 46.7 Å². The summed E-state index contributed by atoms with van der Waals surface area (Å²) in [5, 5.41) is 2.52. The number of carbonyl (C=O) groups is 1. The third-order valence-electron chi connectivity index (χ3n) is 4.16. The molecule has 1 aliphatic rings. The first-order valence-corrected chi connectivity index (χ1v) is 12.4. The average molecular weight is 448 g/mol. The Morgan fingerprint density at radius 1 is 0.962 bits per heavy atom. The van der Waals surface area contributed by atoms with Gasteiger partial charge in [-0.25, -0.2) is 0 Å². The molecule has 1 amide bonds. The van der Waals surface area contributed by atoms with Gasteiger partial charge in [0.1, 0.15) is 0 Å². The molecule has 0 saturated carbocycles. The Morgan fingerprint density at radius 3 is 2.38 bits per heavy atom. The molecule has 1 aliphatic heterocycles. The van der Waals surface area contributed by atoms with Crippen LogP contribution in [0, 0.1) is 0 Å². The second-order valence-electron chi connectivity index (χ2n) is 5.76. The van der Waals surface area contributed by atoms with E-state index in [1.54, 1.807) is 18.2 Å². The number of amides is 1. The molecule has 0 saturated heterocycles. The Kier molecular flexibility index (Phi) is 4.71. The Balaban J connectivity index is 1.72. The van der Waals surface area contributed by atoms with E-state index >= 15 is 0 Å². The Bertz CT molecular complexity index is 1030. The summed E-state index contributed by atoms with van der Waals surface area (Å²) < 4.78 is 28.4. The summed E-state index contributed by atoms with van der Waals surface area (Å²) in [6, 6.07) is 19.8. The van der Waals surface area contributed by atoms with E-state index in [9.17, 15) is 13.2 Å². The number of hydrogen-bond acceptors (Lipinski definition) is 4. The van der Waals surface area contributed by atoms with Gasteiger partial charge in [0.15, 0.2) is 0 Å². The summed E-state index contributed by atoms with van der Waals surface area (Å²) in [5.41, 5.74) is 0.265. The van der Waals surface area contributed by atoms with Crippen LogP contribution in [0.3, 0.4) is 0 Å². The molecule has 1 aromatic heterocycles. The molecule has 26 heavy (non-hydrogen) atoms. The Hall–Kier alpha value is -1.92. The maximum atomic E-state index is 13.1. The zero-order valence-electron chi connectivity index (χ0n) is 13.6. The third-order valence-corrected chi connectivity index (χ3v) is 9.27. The molecule has 0 fully saturated rings. The number of nitrogens with zero attached hydrogens (tertiary/aromatic N) is 1. The van der Waals surface area contributed by atoms with Crippen LogP contribution in [0.1, 0.15) is 21.3 Å². The second-order valence-corrected chi connectivity index (χ2v) is 10.8. The van der Waals surface area contributed by atoms with E-state index in [2.05, 4.69) is 0 Å². The summed E-state index contributed by atoms with van der Waals surface area (Å²) >= 11 is 1.54. The van der Waals surface area contributed by atoms with Gasteiger partial charge in [-0.05, 0) is 0 Å². The number of hydrogen-bond donors (Lipinski definition) is 0. The molecule has 2 heterocycles. The summed E-state index contributed by atoms with van der Waals surface area (Å²) in [5.74, 6) is -0.428. The van der Waals surface area contributed by atoms with Crippen LogP contribution in [0.5, 0.6) is 0 Å². The quantitative estimate of drug-likeness (QED) is 0.564. The predicted molar refractivity (Wildman–Crippen MR) is 103 cm³/mol. The van der Waals surface area contributed by atoms with E-state index in [4.69, 9.17) is 0 Å². The van der Waals surface area contributed by atoms with E-state index in [0.29, 0.717) is 5.32 Å². The molecule has 1 atom stereocenters. The summed E-state index contributed by atoms with van der Waals surface area (Å²) in [4.78, 5) is 13.9. The van der Waals surface area contributed by atoms with Crippen molar-refractivity contribution in [2.45, 2.75) is 16.3 Å². The van der Waals surface area contributed by atoms with Gasteiger partial charge in [-0.3, -0.25) is 0 Å². The number of rotatable bonds is 5. The topological polar surface area (TPSA) is 54.5 Å². The standard InChI is InChI=1S/C19H15NO3S2Se/c21-19-15-9-4-5-11-18(15)25(22,23)20(19)16(17-10-6-12-24-17)13-26-14-7-2-1-3-8-14/h1-12,16H,13H2. The molecule has 0 radical (unpaired) electrons. The van der Waals surface area contributed by atoms with Crippen molar-refractivity contribution in [2.24, 2.45) is 0 Å². The molecular weight excluding hydrogens is 433 g/mol. The van der Waals surface area contributed by atoms with Crippen LogP contribution in [-0.2, 0) is 10.0 Å². The first kappa shape index (κ1) is 17.5. The van der Waals surface area contributed by atoms with Gasteiger partial charge in [0.2, 0.25) is 0 Å². The van der Waals surface area contributed by atoms with Crippen LogP contribution in [-0.4, -0.2) is 33.6 Å². The van der Waals surface area contributed by atoms with Gasteiger partial charge in [-0.1, -0.05) is 0 Å². The molecular formula is C19H15NO3S2Se. The van der Waals surface area contributed by atoms with Crippen LogP contribution < -0.4 is 4.46 Å². The number of fused-ring (bicyclic) bond motifs is 1. The van der Waals surface area contributed by atoms with Crippen molar-refractivity contribution in [2.75, 3.05) is 0 Å². The summed E-state index contributed by atoms with van der Waals surface area (Å²) in [7, 11) is -3.82. The Morgan fingerprint density at radius 2 is 1.69 bits per heavy atom. The van der Waals surface area contributed by atoms with Gasteiger partial charge in [-0.15, -0.1) is 0 Å². The molecule has 4 nitrogen and oxygen atoms in total. The monoisotopic (exact) mass is 449 g/mol. The molecule has 0 aliphatic carbocycles. The van der Waals surface area contributed by atoms with Gasteiger partial charge < -0.3 is 0 Å². The van der Waals surface area contributed by atoms with Gasteiger partial charge in [-0.2, -0.15) is 0 Å². The fourth-order valence-corrected chi connectivity index (χ4v) is 8.18. The Labute approximate surface area is 162 Å². The van der Waals surface area contributed by atoms with Gasteiger partial charge in [0.25, 0.3) is 0 Å². The molecule has 0 spiro atoms. The SMILES string of the molecule is O=C1c2ccccc2S(=O)(=O)N1C(C[Se]c1ccccc1)c1cccs1. The molecule has 1 unspecified atom stereocenters. The number of sulfonamides is 1. The number of carbonyl (C=O) groups excluding carboxylic acids is 1. The van der Waals surface area contributed by atoms with Crippen LogP contribution in [0.2, 0.25) is 5.32 Å². The van der Waals surface area contributed by atoms with Crippen molar-refractivity contribution < 1.29 is 13.2 Å². The molecule has 7 heteroatoms. The van der Waals surface area contributed by atoms with Crippen molar-refractivity contribution in [3.8, 4) is 0 Å². The van der Waals surface area contributed by atoms with E-state index in [1.165, 1.54) is 21.9 Å². The van der Waals surface area contributed by atoms with Crippen LogP contribution in [0.25, 0.3) is 0 Å². The van der Waals surface area contributed by atoms with E-state index < -0.39 is 22.0 Å². The van der Waals surface area contributed by atoms with Crippen molar-refractivity contribution in [3.63, 3.8) is 0 Å². The second kappa shape index (κ2) is 7.00. The van der Waals surface area contributed by atoms with E-state index in [1.807, 2.05) is 47.8 Å². The van der Waals surface area contributed by atoms with Crippen molar-refractivity contribution in [1.29, 1.82) is 0 Å². The molecule has 132 valence electrons. The van der Waals surface area contributed by atoms with Gasteiger partial charge in [0, 0.05) is 0 Å². The van der Waals surface area contributed by atoms with Crippen molar-refractivity contribution in [3.05, 3.63) is 82.6 Å². The first-order valence-electron chi connectivity index (χ1n) is 7.98. The fraction of sp³-hybridized carbons (Fsp3) is 0.105. The van der Waals surface area contributed by atoms with E-state index in [0.717, 1.165) is 9.18 Å². The zero-order valence-corrected chi connectivity index (χ0v) is 17.0. The zero-order chi connectivity index (χ0) is 18.1. The molecule has 0 N–H and O–H groups in total. The molecule has 3 aromatic rings. The third kappa shape index (κ3) is 3.01. The fourth-order valence-electron chi connectivity index (χ4n) is 2.95. The number of thiophene rings is 1. The normalized spacial score (nSPS) is 16.5. The van der Waals surface area contributed by atoms with Crippen LogP contribution >= 0.6 is 11.3 Å². The summed E-state index contributed by atoms with van der Waals surface area (Å²) in [6.07, 6.45) is 0. The summed E-state index contributed by atoms with van der Waals surface area (Å²) in [6.45, 7) is 0. The minimum atomic E-state index is -3.82. The first-order chi connectivity index (χ1) is 12.6. The number of benzene rings is 2. The molecule has 2 aromatic carbocycles. The molecule has 0 bridgehead atoms.